The van der Waals surface area contributed by atoms with Gasteiger partial charge < -0.3 is 14.2 Å². The summed E-state index contributed by atoms with van der Waals surface area (Å²) in [6.07, 6.45) is 3.07. The van der Waals surface area contributed by atoms with Gasteiger partial charge in [0.2, 0.25) is 0 Å². The second kappa shape index (κ2) is 8.32. The third-order valence-electron chi connectivity index (χ3n) is 2.43. The molecule has 0 bridgehead atoms. The smallest absolute Gasteiger partial charge is 0.348 e. The van der Waals surface area contributed by atoms with E-state index < -0.39 is 5.97 Å². The molecule has 0 fully saturated rings. The molecule has 110 valence electrons. The third kappa shape index (κ3) is 4.49. The largest absolute Gasteiger partial charge is 0.493 e. The van der Waals surface area contributed by atoms with Gasteiger partial charge >= 0.3 is 5.97 Å². The van der Waals surface area contributed by atoms with Crippen molar-refractivity contribution < 1.29 is 19.0 Å². The van der Waals surface area contributed by atoms with Crippen molar-refractivity contribution in [3.05, 3.63) is 39.5 Å². The zero-order chi connectivity index (χ0) is 15.8. The molecule has 0 radical (unpaired) electrons. The first kappa shape index (κ1) is 17.0. The SMILES string of the molecule is C=CCOc1c(I)cc(C=C(C#N)C(=O)OC)cc1OC. The van der Waals surface area contributed by atoms with E-state index in [1.54, 1.807) is 24.3 Å². The molecule has 0 unspecified atom stereocenters. The molecule has 1 aromatic rings. The van der Waals surface area contributed by atoms with Crippen molar-refractivity contribution in [2.75, 3.05) is 20.8 Å². The molecule has 0 spiro atoms. The summed E-state index contributed by atoms with van der Waals surface area (Å²) in [5, 5.41) is 8.97. The zero-order valence-electron chi connectivity index (χ0n) is 11.7. The topological polar surface area (TPSA) is 68.5 Å². The lowest BCUT2D eigenvalue weighted by atomic mass is 10.1. The number of ether oxygens (including phenoxy) is 3. The number of esters is 1. The predicted octanol–water partition coefficient (Wildman–Crippen LogP) is 2.94. The lowest BCUT2D eigenvalue weighted by Gasteiger charge is -2.12. The number of carbonyl (C=O) groups excluding carboxylic acids is 1. The van der Waals surface area contributed by atoms with Crippen LogP contribution >= 0.6 is 22.6 Å². The Labute approximate surface area is 136 Å². The number of hydrogen-bond acceptors (Lipinski definition) is 5. The van der Waals surface area contributed by atoms with E-state index in [1.165, 1.54) is 20.3 Å². The van der Waals surface area contributed by atoms with E-state index in [-0.39, 0.29) is 5.57 Å². The number of methoxy groups -OCH3 is 2. The lowest BCUT2D eigenvalue weighted by Crippen LogP contribution is -2.03. The van der Waals surface area contributed by atoms with Crippen molar-refractivity contribution in [2.45, 2.75) is 0 Å². The molecule has 0 saturated carbocycles. The summed E-state index contributed by atoms with van der Waals surface area (Å²) in [6.45, 7) is 3.95. The summed E-state index contributed by atoms with van der Waals surface area (Å²) in [5.74, 6) is 0.419. The fourth-order valence-electron chi connectivity index (χ4n) is 1.52. The molecule has 0 aromatic heterocycles. The van der Waals surface area contributed by atoms with Crippen LogP contribution in [0.5, 0.6) is 11.5 Å². The van der Waals surface area contributed by atoms with E-state index in [2.05, 4.69) is 33.9 Å². The molecule has 5 nitrogen and oxygen atoms in total. The Morgan fingerprint density at radius 1 is 1.48 bits per heavy atom. The van der Waals surface area contributed by atoms with Crippen LogP contribution in [0.1, 0.15) is 5.56 Å². The first-order chi connectivity index (χ1) is 10.1. The summed E-state index contributed by atoms with van der Waals surface area (Å²) in [7, 11) is 2.75. The molecule has 1 rings (SSSR count). The van der Waals surface area contributed by atoms with Gasteiger partial charge in [0.25, 0.3) is 0 Å². The molecule has 0 aliphatic rings. The fourth-order valence-corrected chi connectivity index (χ4v) is 2.30. The van der Waals surface area contributed by atoms with E-state index in [1.807, 2.05) is 0 Å². The van der Waals surface area contributed by atoms with E-state index >= 15 is 0 Å². The van der Waals surface area contributed by atoms with E-state index in [4.69, 9.17) is 14.7 Å². The van der Waals surface area contributed by atoms with Gasteiger partial charge in [-0.25, -0.2) is 4.79 Å². The molecule has 0 heterocycles. The standard InChI is InChI=1S/C15H14INO4/c1-4-5-21-14-12(16)7-10(8-13(14)19-2)6-11(9-17)15(18)20-3/h4,6-8H,1,5H2,2-3H3. The number of nitrogens with zero attached hydrogens (tertiary/aromatic N) is 1. The van der Waals surface area contributed by atoms with Crippen molar-refractivity contribution in [1.29, 1.82) is 5.26 Å². The van der Waals surface area contributed by atoms with Crippen molar-refractivity contribution in [3.8, 4) is 17.6 Å². The molecule has 0 N–H and O–H groups in total. The van der Waals surface area contributed by atoms with E-state index in [0.717, 1.165) is 3.57 Å². The van der Waals surface area contributed by atoms with Crippen LogP contribution in [0.3, 0.4) is 0 Å². The minimum atomic E-state index is -0.682. The van der Waals surface area contributed by atoms with Gasteiger partial charge in [0.1, 0.15) is 18.2 Å². The summed E-state index contributed by atoms with van der Waals surface area (Å²) in [4.78, 5) is 11.4. The highest BCUT2D eigenvalue weighted by molar-refractivity contribution is 14.1. The van der Waals surface area contributed by atoms with E-state index in [0.29, 0.717) is 23.7 Å². The predicted molar refractivity (Wildman–Crippen MR) is 87.0 cm³/mol. The highest BCUT2D eigenvalue weighted by Crippen LogP contribution is 2.34. The normalized spacial score (nSPS) is 10.5. The summed E-state index contributed by atoms with van der Waals surface area (Å²) >= 11 is 2.09. The number of carbonyl (C=O) groups is 1. The van der Waals surface area contributed by atoms with Crippen LogP contribution in [0.25, 0.3) is 6.08 Å². The molecule has 21 heavy (non-hydrogen) atoms. The maximum absolute atomic E-state index is 11.4. The van der Waals surface area contributed by atoms with Gasteiger partial charge in [-0.3, -0.25) is 0 Å². The zero-order valence-corrected chi connectivity index (χ0v) is 13.8. The minimum Gasteiger partial charge on any atom is -0.493 e. The summed E-state index contributed by atoms with van der Waals surface area (Å²) < 4.78 is 16.1. The maximum Gasteiger partial charge on any atom is 0.348 e. The van der Waals surface area contributed by atoms with Crippen molar-refractivity contribution in [3.63, 3.8) is 0 Å². The first-order valence-electron chi connectivity index (χ1n) is 5.88. The highest BCUT2D eigenvalue weighted by Gasteiger charge is 2.13. The quantitative estimate of drug-likeness (QED) is 0.242. The van der Waals surface area contributed by atoms with Crippen molar-refractivity contribution >= 4 is 34.6 Å². The fraction of sp³-hybridized carbons (Fsp3) is 0.200. The molecule has 0 saturated heterocycles. The monoisotopic (exact) mass is 399 g/mol. The van der Waals surface area contributed by atoms with Gasteiger partial charge in [-0.2, -0.15) is 5.26 Å². The van der Waals surface area contributed by atoms with Gasteiger partial charge in [-0.1, -0.05) is 12.7 Å². The average Bonchev–Trinajstić information content (AvgIpc) is 2.50. The number of halogens is 1. The Balaban J connectivity index is 3.25. The molecule has 0 amide bonds. The molecule has 1 aromatic carbocycles. The number of rotatable bonds is 6. The minimum absolute atomic E-state index is 0.0879. The number of benzene rings is 1. The van der Waals surface area contributed by atoms with Gasteiger partial charge in [-0.15, -0.1) is 0 Å². The van der Waals surface area contributed by atoms with Gasteiger partial charge in [0.05, 0.1) is 17.8 Å². The van der Waals surface area contributed by atoms with Gasteiger partial charge in [-0.05, 0) is 46.4 Å². The second-order valence-electron chi connectivity index (χ2n) is 3.80. The second-order valence-corrected chi connectivity index (χ2v) is 4.96. The van der Waals surface area contributed by atoms with Gasteiger partial charge in [0, 0.05) is 0 Å². The highest BCUT2D eigenvalue weighted by atomic mass is 127. The lowest BCUT2D eigenvalue weighted by molar-refractivity contribution is -0.135. The number of nitriles is 1. The van der Waals surface area contributed by atoms with Crippen molar-refractivity contribution in [1.82, 2.24) is 0 Å². The molecular weight excluding hydrogens is 385 g/mol. The van der Waals surface area contributed by atoms with Crippen LogP contribution in [0.15, 0.2) is 30.4 Å². The Morgan fingerprint density at radius 3 is 2.71 bits per heavy atom. The maximum atomic E-state index is 11.4. The Morgan fingerprint density at radius 2 is 2.19 bits per heavy atom. The van der Waals surface area contributed by atoms with Crippen LogP contribution in [-0.2, 0) is 9.53 Å². The Kier molecular flexibility index (Phi) is 6.75. The number of hydrogen-bond donors (Lipinski definition) is 0. The average molecular weight is 399 g/mol. The third-order valence-corrected chi connectivity index (χ3v) is 3.24. The molecule has 0 atom stereocenters. The summed E-state index contributed by atoms with van der Waals surface area (Å²) in [5.41, 5.74) is 0.555. The summed E-state index contributed by atoms with van der Waals surface area (Å²) in [6, 6.07) is 5.27. The van der Waals surface area contributed by atoms with Crippen LogP contribution < -0.4 is 9.47 Å². The first-order valence-corrected chi connectivity index (χ1v) is 6.96. The van der Waals surface area contributed by atoms with Gasteiger partial charge in [0.15, 0.2) is 11.5 Å². The molecular formula is C15H14INO4. The van der Waals surface area contributed by atoms with Crippen molar-refractivity contribution in [2.24, 2.45) is 0 Å². The Bertz CT molecular complexity index is 617. The van der Waals surface area contributed by atoms with Crippen LogP contribution in [0.4, 0.5) is 0 Å². The van der Waals surface area contributed by atoms with Crippen LogP contribution in [0, 0.1) is 14.9 Å². The van der Waals surface area contributed by atoms with Crippen LogP contribution in [0.2, 0.25) is 0 Å². The Hall–Kier alpha value is -2.01. The molecule has 0 aliphatic heterocycles. The molecule has 6 heteroatoms. The van der Waals surface area contributed by atoms with E-state index in [9.17, 15) is 4.79 Å². The van der Waals surface area contributed by atoms with Crippen LogP contribution in [-0.4, -0.2) is 26.8 Å². The molecule has 0 aliphatic carbocycles.